The van der Waals surface area contributed by atoms with Gasteiger partial charge >= 0.3 is 6.03 Å². The fourth-order valence-corrected chi connectivity index (χ4v) is 4.42. The third-order valence-corrected chi connectivity index (χ3v) is 6.55. The number of carbonyl (C=O) groups is 3. The summed E-state index contributed by atoms with van der Waals surface area (Å²) >= 11 is 0. The third kappa shape index (κ3) is 3.39. The van der Waals surface area contributed by atoms with Crippen molar-refractivity contribution in [2.75, 3.05) is 6.54 Å². The number of amides is 4. The lowest BCUT2D eigenvalue weighted by Gasteiger charge is -2.34. The van der Waals surface area contributed by atoms with Crippen LogP contribution in [-0.4, -0.2) is 35.3 Å². The van der Waals surface area contributed by atoms with Crippen molar-refractivity contribution in [3.63, 3.8) is 0 Å². The molecule has 1 aromatic carbocycles. The summed E-state index contributed by atoms with van der Waals surface area (Å²) in [7, 11) is 0. The van der Waals surface area contributed by atoms with Crippen molar-refractivity contribution in [1.29, 1.82) is 0 Å². The molecule has 1 aliphatic heterocycles. The molecular weight excluding hydrogens is 370 g/mol. The summed E-state index contributed by atoms with van der Waals surface area (Å²) in [6.07, 6.45) is 3.16. The molecule has 0 radical (unpaired) electrons. The number of para-hydroxylation sites is 1. The number of urea groups is 1. The van der Waals surface area contributed by atoms with Crippen LogP contribution in [0.1, 0.15) is 45.8 Å². The van der Waals surface area contributed by atoms with Crippen molar-refractivity contribution in [3.05, 3.63) is 36.1 Å². The predicted octanol–water partition coefficient (Wildman–Crippen LogP) is 3.14. The molecule has 2 aliphatic rings. The molecule has 2 heterocycles. The van der Waals surface area contributed by atoms with Gasteiger partial charge in [-0.05, 0) is 37.3 Å². The predicted molar refractivity (Wildman–Crippen MR) is 108 cm³/mol. The molecule has 1 saturated heterocycles. The number of hydrogen-bond acceptors (Lipinski definition) is 4. The van der Waals surface area contributed by atoms with E-state index in [2.05, 4.69) is 24.5 Å². The van der Waals surface area contributed by atoms with E-state index in [0.717, 1.165) is 29.5 Å². The second-order valence-electron chi connectivity index (χ2n) is 8.54. The van der Waals surface area contributed by atoms with Crippen LogP contribution < -0.4 is 10.6 Å². The first-order valence-electron chi connectivity index (χ1n) is 10.2. The van der Waals surface area contributed by atoms with Crippen molar-refractivity contribution in [3.8, 4) is 0 Å². The zero-order valence-corrected chi connectivity index (χ0v) is 17.0. The van der Waals surface area contributed by atoms with Crippen LogP contribution in [0.25, 0.3) is 11.0 Å². The van der Waals surface area contributed by atoms with Crippen LogP contribution in [0, 0.1) is 11.8 Å². The normalized spacial score (nSPS) is 29.9. The van der Waals surface area contributed by atoms with E-state index in [4.69, 9.17) is 4.42 Å². The first-order valence-corrected chi connectivity index (χ1v) is 10.2. The minimum atomic E-state index is -1.33. The molecule has 0 bridgehead atoms. The molecule has 7 heteroatoms. The molecule has 4 amide bonds. The Morgan fingerprint density at radius 1 is 1.28 bits per heavy atom. The van der Waals surface area contributed by atoms with Gasteiger partial charge in [0.25, 0.3) is 5.91 Å². The van der Waals surface area contributed by atoms with Gasteiger partial charge in [-0.1, -0.05) is 44.9 Å². The van der Waals surface area contributed by atoms with E-state index in [1.807, 2.05) is 18.2 Å². The average molecular weight is 397 g/mol. The van der Waals surface area contributed by atoms with Crippen LogP contribution in [0.3, 0.4) is 0 Å². The van der Waals surface area contributed by atoms with Gasteiger partial charge in [-0.15, -0.1) is 0 Å². The highest BCUT2D eigenvalue weighted by Gasteiger charge is 2.51. The Bertz CT molecular complexity index is 935. The molecule has 0 spiro atoms. The summed E-state index contributed by atoms with van der Waals surface area (Å²) in [5.74, 6) is 0.475. The molecule has 2 fully saturated rings. The van der Waals surface area contributed by atoms with Gasteiger partial charge in [0, 0.05) is 11.4 Å². The number of hydrogen-bond donors (Lipinski definition) is 2. The fraction of sp³-hybridized carbons (Fsp3) is 0.500. The van der Waals surface area contributed by atoms with E-state index in [0.29, 0.717) is 23.2 Å². The SMILES string of the molecule is CC1CCCC(NC(=O)CN2C(=O)NC(C)(c3cc4ccccc4o3)C2=O)C1C. The lowest BCUT2D eigenvalue weighted by Crippen LogP contribution is -2.48. The van der Waals surface area contributed by atoms with Crippen molar-refractivity contribution < 1.29 is 18.8 Å². The van der Waals surface area contributed by atoms with Gasteiger partial charge in [0.1, 0.15) is 17.9 Å². The molecule has 154 valence electrons. The quantitative estimate of drug-likeness (QED) is 0.776. The van der Waals surface area contributed by atoms with E-state index in [-0.39, 0.29) is 18.5 Å². The Kier molecular flexibility index (Phi) is 4.84. The molecule has 2 aromatic rings. The van der Waals surface area contributed by atoms with E-state index in [1.165, 1.54) is 0 Å². The maximum absolute atomic E-state index is 13.1. The van der Waals surface area contributed by atoms with Gasteiger partial charge in [-0.2, -0.15) is 0 Å². The average Bonchev–Trinajstić information content (AvgIpc) is 3.21. The van der Waals surface area contributed by atoms with Crippen LogP contribution in [0.4, 0.5) is 4.79 Å². The van der Waals surface area contributed by atoms with Gasteiger partial charge in [-0.25, -0.2) is 4.79 Å². The zero-order valence-electron chi connectivity index (χ0n) is 17.0. The van der Waals surface area contributed by atoms with Crippen molar-refractivity contribution in [2.24, 2.45) is 11.8 Å². The van der Waals surface area contributed by atoms with Crippen LogP contribution in [0.15, 0.2) is 34.7 Å². The van der Waals surface area contributed by atoms with Crippen LogP contribution in [0.2, 0.25) is 0 Å². The summed E-state index contributed by atoms with van der Waals surface area (Å²) in [5.41, 5.74) is -0.689. The smallest absolute Gasteiger partial charge is 0.325 e. The number of carbonyl (C=O) groups excluding carboxylic acids is 3. The van der Waals surface area contributed by atoms with Gasteiger partial charge < -0.3 is 15.1 Å². The Hall–Kier alpha value is -2.83. The topological polar surface area (TPSA) is 91.7 Å². The van der Waals surface area contributed by atoms with Crippen molar-refractivity contribution >= 4 is 28.8 Å². The Morgan fingerprint density at radius 3 is 2.79 bits per heavy atom. The highest BCUT2D eigenvalue weighted by atomic mass is 16.3. The second kappa shape index (κ2) is 7.21. The summed E-state index contributed by atoms with van der Waals surface area (Å²) in [6.45, 7) is 5.64. The van der Waals surface area contributed by atoms with Gasteiger partial charge in [0.2, 0.25) is 5.91 Å². The van der Waals surface area contributed by atoms with Crippen molar-refractivity contribution in [2.45, 2.75) is 51.6 Å². The number of imide groups is 1. The van der Waals surface area contributed by atoms with E-state index >= 15 is 0 Å². The molecule has 4 unspecified atom stereocenters. The molecule has 1 saturated carbocycles. The monoisotopic (exact) mass is 397 g/mol. The Balaban J connectivity index is 1.48. The second-order valence-corrected chi connectivity index (χ2v) is 8.54. The summed E-state index contributed by atoms with van der Waals surface area (Å²) in [4.78, 5) is 39.1. The maximum atomic E-state index is 13.1. The Morgan fingerprint density at radius 2 is 2.03 bits per heavy atom. The first kappa shape index (κ1) is 19.5. The number of nitrogens with zero attached hydrogens (tertiary/aromatic N) is 1. The summed E-state index contributed by atoms with van der Waals surface area (Å²) in [5, 5.41) is 6.56. The number of fused-ring (bicyclic) bond motifs is 1. The van der Waals surface area contributed by atoms with E-state index < -0.39 is 17.5 Å². The molecular formula is C22H27N3O4. The summed E-state index contributed by atoms with van der Waals surface area (Å²) in [6, 6.07) is 8.65. The minimum absolute atomic E-state index is 0.0776. The number of benzene rings is 1. The molecule has 29 heavy (non-hydrogen) atoms. The molecule has 7 nitrogen and oxygen atoms in total. The van der Waals surface area contributed by atoms with Crippen LogP contribution in [-0.2, 0) is 15.1 Å². The zero-order chi connectivity index (χ0) is 20.8. The van der Waals surface area contributed by atoms with Gasteiger partial charge in [0.15, 0.2) is 5.54 Å². The molecule has 1 aromatic heterocycles. The third-order valence-electron chi connectivity index (χ3n) is 6.55. The molecule has 4 rings (SSSR count). The molecule has 1 aliphatic carbocycles. The fourth-order valence-electron chi connectivity index (χ4n) is 4.42. The minimum Gasteiger partial charge on any atom is -0.458 e. The number of rotatable bonds is 4. The molecule has 2 N–H and O–H groups in total. The van der Waals surface area contributed by atoms with E-state index in [1.54, 1.807) is 19.1 Å². The van der Waals surface area contributed by atoms with Crippen LogP contribution in [0.5, 0.6) is 0 Å². The lowest BCUT2D eigenvalue weighted by atomic mass is 9.78. The van der Waals surface area contributed by atoms with Crippen molar-refractivity contribution in [1.82, 2.24) is 15.5 Å². The van der Waals surface area contributed by atoms with Crippen LogP contribution >= 0.6 is 0 Å². The Labute approximate surface area is 169 Å². The highest BCUT2D eigenvalue weighted by Crippen LogP contribution is 2.33. The van der Waals surface area contributed by atoms with E-state index in [9.17, 15) is 14.4 Å². The lowest BCUT2D eigenvalue weighted by molar-refractivity contribution is -0.135. The highest BCUT2D eigenvalue weighted by molar-refractivity contribution is 6.09. The maximum Gasteiger partial charge on any atom is 0.325 e. The largest absolute Gasteiger partial charge is 0.458 e. The molecule has 4 atom stereocenters. The number of furan rings is 1. The van der Waals surface area contributed by atoms with Gasteiger partial charge in [0.05, 0.1) is 0 Å². The number of nitrogens with one attached hydrogen (secondary N) is 2. The first-order chi connectivity index (χ1) is 13.8. The summed E-state index contributed by atoms with van der Waals surface area (Å²) < 4.78 is 5.81. The van der Waals surface area contributed by atoms with Gasteiger partial charge in [-0.3, -0.25) is 14.5 Å². The standard InChI is InChI=1S/C22H27N3O4/c1-13-7-6-9-16(14(13)2)23-19(26)12-25-20(27)22(3,24-21(25)28)18-11-15-8-4-5-10-17(15)29-18/h4-5,8,10-11,13-14,16H,6-7,9,12H2,1-3H3,(H,23,26)(H,24,28).